The lowest BCUT2D eigenvalue weighted by Crippen LogP contribution is -2.42. The van der Waals surface area contributed by atoms with Gasteiger partial charge in [-0.25, -0.2) is 0 Å². The number of nitrogens with zero attached hydrogens (tertiary/aromatic N) is 3. The van der Waals surface area contributed by atoms with Crippen LogP contribution in [0.25, 0.3) is 0 Å². The summed E-state index contributed by atoms with van der Waals surface area (Å²) in [5.74, 6) is 0.881. The summed E-state index contributed by atoms with van der Waals surface area (Å²) in [6, 6.07) is 4.50. The van der Waals surface area contributed by atoms with Gasteiger partial charge in [-0.05, 0) is 69.4 Å². The van der Waals surface area contributed by atoms with E-state index in [2.05, 4.69) is 20.9 Å². The highest BCUT2D eigenvalue weighted by Gasteiger charge is 2.27. The van der Waals surface area contributed by atoms with E-state index in [1.807, 2.05) is 18.5 Å². The largest absolute Gasteiger partial charge is 0.329 e. The zero-order valence-corrected chi connectivity index (χ0v) is 13.0. The molecule has 0 amide bonds. The molecular formula is C17H28N4. The number of aromatic nitrogens is 1. The molecule has 0 radical (unpaired) electrons. The van der Waals surface area contributed by atoms with Crippen LogP contribution in [0.3, 0.4) is 0 Å². The number of piperidine rings is 1. The molecule has 2 N–H and O–H groups in total. The average Bonchev–Trinajstić information content (AvgIpc) is 3.04. The van der Waals surface area contributed by atoms with E-state index in [1.54, 1.807) is 0 Å². The fourth-order valence-electron chi connectivity index (χ4n) is 3.85. The summed E-state index contributed by atoms with van der Waals surface area (Å²) < 4.78 is 0. The van der Waals surface area contributed by atoms with Crippen molar-refractivity contribution in [2.45, 2.75) is 31.7 Å². The molecule has 4 heteroatoms. The molecule has 21 heavy (non-hydrogen) atoms. The predicted octanol–water partition coefficient (Wildman–Crippen LogP) is 1.89. The highest BCUT2D eigenvalue weighted by atomic mass is 15.2. The summed E-state index contributed by atoms with van der Waals surface area (Å²) in [6.07, 6.45) is 9.22. The van der Waals surface area contributed by atoms with E-state index in [9.17, 15) is 0 Å². The molecule has 3 heterocycles. The SMILES string of the molecule is NCC(c1cccnc1)N1CCC(CN2CCCC2)CC1. The van der Waals surface area contributed by atoms with E-state index in [-0.39, 0.29) is 0 Å². The maximum Gasteiger partial charge on any atom is 0.0485 e. The smallest absolute Gasteiger partial charge is 0.0485 e. The molecule has 2 aliphatic rings. The van der Waals surface area contributed by atoms with E-state index in [4.69, 9.17) is 5.73 Å². The van der Waals surface area contributed by atoms with Crippen molar-refractivity contribution in [3.05, 3.63) is 30.1 Å². The Kier molecular flexibility index (Phi) is 5.22. The van der Waals surface area contributed by atoms with E-state index in [0.717, 1.165) is 5.92 Å². The van der Waals surface area contributed by atoms with Gasteiger partial charge in [0.1, 0.15) is 0 Å². The van der Waals surface area contributed by atoms with Gasteiger partial charge in [0.25, 0.3) is 0 Å². The molecule has 1 aromatic rings. The van der Waals surface area contributed by atoms with Crippen LogP contribution in [0.2, 0.25) is 0 Å². The molecule has 0 bridgehead atoms. The molecule has 2 saturated heterocycles. The van der Waals surface area contributed by atoms with Crippen LogP contribution in [-0.2, 0) is 0 Å². The lowest BCUT2D eigenvalue weighted by atomic mass is 9.94. The Hall–Kier alpha value is -0.970. The van der Waals surface area contributed by atoms with Crippen LogP contribution >= 0.6 is 0 Å². The van der Waals surface area contributed by atoms with Gasteiger partial charge in [-0.1, -0.05) is 6.07 Å². The third-order valence-electron chi connectivity index (χ3n) is 5.10. The Balaban J connectivity index is 1.52. The summed E-state index contributed by atoms with van der Waals surface area (Å²) >= 11 is 0. The second-order valence-corrected chi connectivity index (χ2v) is 6.52. The molecule has 1 unspecified atom stereocenters. The zero-order chi connectivity index (χ0) is 14.5. The Morgan fingerprint density at radius 2 is 1.95 bits per heavy atom. The minimum atomic E-state index is 0.339. The summed E-state index contributed by atoms with van der Waals surface area (Å²) in [4.78, 5) is 9.45. The van der Waals surface area contributed by atoms with Gasteiger partial charge in [0.05, 0.1) is 0 Å². The Labute approximate surface area is 128 Å². The monoisotopic (exact) mass is 288 g/mol. The van der Waals surface area contributed by atoms with Crippen LogP contribution in [0.4, 0.5) is 0 Å². The molecule has 116 valence electrons. The van der Waals surface area contributed by atoms with Gasteiger partial charge in [-0.2, -0.15) is 0 Å². The fraction of sp³-hybridized carbons (Fsp3) is 0.706. The fourth-order valence-corrected chi connectivity index (χ4v) is 3.85. The topological polar surface area (TPSA) is 45.4 Å². The molecule has 3 rings (SSSR count). The Bertz CT molecular complexity index is 408. The van der Waals surface area contributed by atoms with Gasteiger partial charge in [0.2, 0.25) is 0 Å². The van der Waals surface area contributed by atoms with Crippen LogP contribution in [0.5, 0.6) is 0 Å². The average molecular weight is 288 g/mol. The number of hydrogen-bond donors (Lipinski definition) is 1. The van der Waals surface area contributed by atoms with Crippen molar-refractivity contribution in [1.29, 1.82) is 0 Å². The van der Waals surface area contributed by atoms with Crippen molar-refractivity contribution in [3.8, 4) is 0 Å². The van der Waals surface area contributed by atoms with Gasteiger partial charge in [0.15, 0.2) is 0 Å². The van der Waals surface area contributed by atoms with Gasteiger partial charge in [-0.15, -0.1) is 0 Å². The third-order valence-corrected chi connectivity index (χ3v) is 5.10. The molecule has 0 aliphatic carbocycles. The highest BCUT2D eigenvalue weighted by molar-refractivity contribution is 5.14. The lowest BCUT2D eigenvalue weighted by Gasteiger charge is -2.38. The molecule has 0 saturated carbocycles. The van der Waals surface area contributed by atoms with Crippen molar-refractivity contribution in [1.82, 2.24) is 14.8 Å². The third kappa shape index (κ3) is 3.82. The second-order valence-electron chi connectivity index (χ2n) is 6.52. The first kappa shape index (κ1) is 14.9. The van der Waals surface area contributed by atoms with Crippen molar-refractivity contribution < 1.29 is 0 Å². The minimum Gasteiger partial charge on any atom is -0.329 e. The molecule has 1 aromatic heterocycles. The Morgan fingerprint density at radius 1 is 1.19 bits per heavy atom. The molecule has 4 nitrogen and oxygen atoms in total. The highest BCUT2D eigenvalue weighted by Crippen LogP contribution is 2.27. The minimum absolute atomic E-state index is 0.339. The first-order valence-corrected chi connectivity index (χ1v) is 8.43. The van der Waals surface area contributed by atoms with Gasteiger partial charge in [-0.3, -0.25) is 9.88 Å². The molecular weight excluding hydrogens is 260 g/mol. The van der Waals surface area contributed by atoms with E-state index in [1.165, 1.54) is 64.0 Å². The molecule has 0 aromatic carbocycles. The number of nitrogens with two attached hydrogens (primary N) is 1. The van der Waals surface area contributed by atoms with E-state index in [0.29, 0.717) is 12.6 Å². The quantitative estimate of drug-likeness (QED) is 0.899. The van der Waals surface area contributed by atoms with Gasteiger partial charge in [0, 0.05) is 31.5 Å². The zero-order valence-electron chi connectivity index (χ0n) is 13.0. The molecule has 0 spiro atoms. The van der Waals surface area contributed by atoms with Crippen molar-refractivity contribution in [3.63, 3.8) is 0 Å². The second kappa shape index (κ2) is 7.34. The maximum absolute atomic E-state index is 6.02. The Morgan fingerprint density at radius 3 is 2.57 bits per heavy atom. The van der Waals surface area contributed by atoms with Gasteiger partial charge < -0.3 is 10.6 Å². The number of likely N-dealkylation sites (tertiary alicyclic amines) is 2. The number of hydrogen-bond acceptors (Lipinski definition) is 4. The lowest BCUT2D eigenvalue weighted by molar-refractivity contribution is 0.117. The van der Waals surface area contributed by atoms with Crippen molar-refractivity contribution in [2.24, 2.45) is 11.7 Å². The summed E-state index contributed by atoms with van der Waals surface area (Å²) in [6.45, 7) is 6.99. The van der Waals surface area contributed by atoms with Crippen LogP contribution < -0.4 is 5.73 Å². The van der Waals surface area contributed by atoms with Crippen LogP contribution in [0.1, 0.15) is 37.3 Å². The number of rotatable bonds is 5. The van der Waals surface area contributed by atoms with Crippen LogP contribution in [0, 0.1) is 5.92 Å². The standard InChI is InChI=1S/C17H28N4/c18-12-17(16-4-3-7-19-13-16)21-10-5-15(6-11-21)14-20-8-1-2-9-20/h3-4,7,13,15,17H,1-2,5-6,8-12,14,18H2. The molecule has 2 fully saturated rings. The number of pyridine rings is 1. The summed E-state index contributed by atoms with van der Waals surface area (Å²) in [5, 5.41) is 0. The molecule has 2 aliphatic heterocycles. The van der Waals surface area contributed by atoms with Crippen molar-refractivity contribution >= 4 is 0 Å². The first-order chi connectivity index (χ1) is 10.4. The molecule has 1 atom stereocenters. The maximum atomic E-state index is 6.02. The summed E-state index contributed by atoms with van der Waals surface area (Å²) in [5.41, 5.74) is 7.29. The van der Waals surface area contributed by atoms with Crippen LogP contribution in [0.15, 0.2) is 24.5 Å². The van der Waals surface area contributed by atoms with E-state index < -0.39 is 0 Å². The van der Waals surface area contributed by atoms with Crippen LogP contribution in [-0.4, -0.2) is 54.1 Å². The summed E-state index contributed by atoms with van der Waals surface area (Å²) in [7, 11) is 0. The predicted molar refractivity (Wildman–Crippen MR) is 86.0 cm³/mol. The normalized spacial score (nSPS) is 23.5. The van der Waals surface area contributed by atoms with Gasteiger partial charge >= 0.3 is 0 Å². The van der Waals surface area contributed by atoms with Crippen molar-refractivity contribution in [2.75, 3.05) is 39.3 Å². The first-order valence-electron chi connectivity index (χ1n) is 8.43. The van der Waals surface area contributed by atoms with E-state index >= 15 is 0 Å².